The molecule has 4 aliphatic carbocycles. The van der Waals surface area contributed by atoms with Crippen LogP contribution in [0.1, 0.15) is 58.8 Å². The lowest BCUT2D eigenvalue weighted by molar-refractivity contribution is -0.169. The first-order valence-corrected chi connectivity index (χ1v) is 8.38. The van der Waals surface area contributed by atoms with Gasteiger partial charge in [-0.25, -0.2) is 4.79 Å². The molecule has 4 fully saturated rings. The van der Waals surface area contributed by atoms with Gasteiger partial charge in [-0.15, -0.1) is 0 Å². The van der Waals surface area contributed by atoms with Crippen molar-refractivity contribution in [2.75, 3.05) is 0 Å². The van der Waals surface area contributed by atoms with E-state index in [1.165, 1.54) is 32.1 Å². The van der Waals surface area contributed by atoms with Crippen LogP contribution in [0.3, 0.4) is 0 Å². The largest absolute Gasteiger partial charge is 0.455 e. The Kier molecular flexibility index (Phi) is 2.52. The molecular formula is C18H26O2. The Hall–Kier alpha value is -0.790. The molecular weight excluding hydrogens is 248 g/mol. The van der Waals surface area contributed by atoms with E-state index in [1.54, 1.807) is 6.92 Å². The van der Waals surface area contributed by atoms with Crippen LogP contribution in [0.5, 0.6) is 0 Å². The van der Waals surface area contributed by atoms with Crippen molar-refractivity contribution in [3.05, 3.63) is 12.2 Å². The Morgan fingerprint density at radius 2 is 2.15 bits per heavy atom. The van der Waals surface area contributed by atoms with Gasteiger partial charge in [0, 0.05) is 11.5 Å². The first kappa shape index (κ1) is 12.9. The molecule has 110 valence electrons. The Bertz CT molecular complexity index is 482. The molecule has 4 saturated carbocycles. The average Bonchev–Trinajstić information content (AvgIpc) is 3.05. The monoisotopic (exact) mass is 274 g/mol. The summed E-state index contributed by atoms with van der Waals surface area (Å²) in [5, 5.41) is 0. The van der Waals surface area contributed by atoms with E-state index in [9.17, 15) is 4.79 Å². The van der Waals surface area contributed by atoms with Crippen molar-refractivity contribution in [3.8, 4) is 0 Å². The van der Waals surface area contributed by atoms with E-state index in [4.69, 9.17) is 4.74 Å². The fourth-order valence-corrected chi connectivity index (χ4v) is 6.51. The summed E-state index contributed by atoms with van der Waals surface area (Å²) in [7, 11) is 0. The number of ether oxygens (including phenoxy) is 1. The Morgan fingerprint density at radius 1 is 1.35 bits per heavy atom. The molecule has 0 amide bonds. The van der Waals surface area contributed by atoms with Crippen LogP contribution in [-0.2, 0) is 9.53 Å². The fraction of sp³-hybridized carbons (Fsp3) is 0.833. The second-order valence-electron chi connectivity index (χ2n) is 8.08. The lowest BCUT2D eigenvalue weighted by Gasteiger charge is -2.49. The van der Waals surface area contributed by atoms with Crippen molar-refractivity contribution in [1.82, 2.24) is 0 Å². The Balaban J connectivity index is 1.68. The molecule has 0 aliphatic heterocycles. The average molecular weight is 274 g/mol. The van der Waals surface area contributed by atoms with Gasteiger partial charge in [-0.05, 0) is 75.0 Å². The number of hydrogen-bond acceptors (Lipinski definition) is 2. The number of hydrogen-bond donors (Lipinski definition) is 0. The van der Waals surface area contributed by atoms with E-state index in [-0.39, 0.29) is 11.6 Å². The molecule has 4 rings (SSSR count). The molecule has 0 aromatic carbocycles. The van der Waals surface area contributed by atoms with Gasteiger partial charge >= 0.3 is 5.97 Å². The Morgan fingerprint density at radius 3 is 2.85 bits per heavy atom. The summed E-state index contributed by atoms with van der Waals surface area (Å²) < 4.78 is 6.06. The number of esters is 1. The molecule has 0 aromatic heterocycles. The highest BCUT2D eigenvalue weighted by Gasteiger charge is 2.70. The molecule has 1 spiro atoms. The van der Waals surface area contributed by atoms with Gasteiger partial charge in [0.2, 0.25) is 0 Å². The summed E-state index contributed by atoms with van der Waals surface area (Å²) in [6.45, 7) is 7.74. The van der Waals surface area contributed by atoms with E-state index in [0.717, 1.165) is 30.6 Å². The van der Waals surface area contributed by atoms with Crippen molar-refractivity contribution in [2.45, 2.75) is 64.4 Å². The maximum Gasteiger partial charge on any atom is 0.333 e. The quantitative estimate of drug-likeness (QED) is 0.572. The van der Waals surface area contributed by atoms with Crippen LogP contribution in [0.2, 0.25) is 0 Å². The van der Waals surface area contributed by atoms with Crippen molar-refractivity contribution in [2.24, 2.45) is 29.1 Å². The molecule has 2 nitrogen and oxygen atoms in total. The molecule has 0 radical (unpaired) electrons. The van der Waals surface area contributed by atoms with Crippen molar-refractivity contribution >= 4 is 5.97 Å². The van der Waals surface area contributed by atoms with Gasteiger partial charge in [0.1, 0.15) is 5.60 Å². The zero-order valence-electron chi connectivity index (χ0n) is 12.8. The predicted octanol–water partition coefficient (Wildman–Crippen LogP) is 4.10. The third-order valence-corrected chi connectivity index (χ3v) is 7.30. The predicted molar refractivity (Wildman–Crippen MR) is 78.0 cm³/mol. The minimum absolute atomic E-state index is 0.166. The molecule has 2 heteroatoms. The molecule has 6 atom stereocenters. The van der Waals surface area contributed by atoms with Crippen LogP contribution in [0.4, 0.5) is 0 Å². The lowest BCUT2D eigenvalue weighted by Crippen LogP contribution is -2.48. The van der Waals surface area contributed by atoms with Crippen LogP contribution in [0.25, 0.3) is 0 Å². The van der Waals surface area contributed by atoms with E-state index in [0.29, 0.717) is 16.9 Å². The van der Waals surface area contributed by atoms with Gasteiger partial charge in [0.05, 0.1) is 0 Å². The summed E-state index contributed by atoms with van der Waals surface area (Å²) in [4.78, 5) is 12.1. The lowest BCUT2D eigenvalue weighted by atomic mass is 9.60. The van der Waals surface area contributed by atoms with Gasteiger partial charge in [-0.3, -0.25) is 0 Å². The van der Waals surface area contributed by atoms with Crippen molar-refractivity contribution < 1.29 is 9.53 Å². The SMILES string of the molecule is C=C(C)C(=O)OC1(CC)CC23CC(C4CCC2C4)C1C3. The van der Waals surface area contributed by atoms with Crippen molar-refractivity contribution in [3.63, 3.8) is 0 Å². The highest BCUT2D eigenvalue weighted by Crippen LogP contribution is 2.74. The number of carbonyl (C=O) groups excluding carboxylic acids is 1. The minimum Gasteiger partial charge on any atom is -0.455 e. The van der Waals surface area contributed by atoms with E-state index < -0.39 is 0 Å². The molecule has 20 heavy (non-hydrogen) atoms. The zero-order chi connectivity index (χ0) is 14.1. The van der Waals surface area contributed by atoms with Crippen LogP contribution >= 0.6 is 0 Å². The highest BCUT2D eigenvalue weighted by atomic mass is 16.6. The number of carbonyl (C=O) groups is 1. The topological polar surface area (TPSA) is 26.3 Å². The third kappa shape index (κ3) is 1.43. The molecule has 0 saturated heterocycles. The fourth-order valence-electron chi connectivity index (χ4n) is 6.51. The van der Waals surface area contributed by atoms with Crippen LogP contribution in [0.15, 0.2) is 12.2 Å². The normalized spacial score (nSPS) is 51.3. The van der Waals surface area contributed by atoms with Crippen LogP contribution in [-0.4, -0.2) is 11.6 Å². The van der Waals surface area contributed by atoms with Gasteiger partial charge < -0.3 is 4.74 Å². The highest BCUT2D eigenvalue weighted by molar-refractivity contribution is 5.87. The molecule has 0 aromatic rings. The minimum atomic E-state index is -0.166. The molecule has 5 bridgehead atoms. The van der Waals surface area contributed by atoms with Gasteiger partial charge in [-0.1, -0.05) is 13.5 Å². The van der Waals surface area contributed by atoms with E-state index >= 15 is 0 Å². The zero-order valence-corrected chi connectivity index (χ0v) is 12.8. The Labute approximate surface area is 122 Å². The molecule has 0 heterocycles. The summed E-state index contributed by atoms with van der Waals surface area (Å²) in [6.07, 6.45) is 9.21. The second kappa shape index (κ2) is 3.90. The van der Waals surface area contributed by atoms with Crippen LogP contribution < -0.4 is 0 Å². The first-order valence-electron chi connectivity index (χ1n) is 8.38. The van der Waals surface area contributed by atoms with E-state index in [1.807, 2.05) is 0 Å². The van der Waals surface area contributed by atoms with E-state index in [2.05, 4.69) is 13.5 Å². The standard InChI is InChI=1S/C18H26O2/c1-4-18(20-16(19)11(2)3)10-17-8-14(15(18)9-17)12-5-6-13(17)7-12/h12-15H,2,4-10H2,1,3H3. The smallest absolute Gasteiger partial charge is 0.333 e. The summed E-state index contributed by atoms with van der Waals surface area (Å²) >= 11 is 0. The second-order valence-corrected chi connectivity index (χ2v) is 8.08. The summed E-state index contributed by atoms with van der Waals surface area (Å²) in [6, 6.07) is 0. The maximum atomic E-state index is 12.1. The summed E-state index contributed by atoms with van der Waals surface area (Å²) in [5.41, 5.74) is 0.903. The number of rotatable bonds is 3. The molecule has 0 N–H and O–H groups in total. The van der Waals surface area contributed by atoms with Gasteiger partial charge in [0.25, 0.3) is 0 Å². The molecule has 6 unspecified atom stereocenters. The molecule has 4 aliphatic rings. The van der Waals surface area contributed by atoms with Gasteiger partial charge in [-0.2, -0.15) is 0 Å². The maximum absolute atomic E-state index is 12.1. The third-order valence-electron chi connectivity index (χ3n) is 7.30. The summed E-state index contributed by atoms with van der Waals surface area (Å²) in [5.74, 6) is 3.15. The number of fused-ring (bicyclic) bond motifs is 6. The van der Waals surface area contributed by atoms with Crippen LogP contribution in [0, 0.1) is 29.1 Å². The first-order chi connectivity index (χ1) is 9.50. The van der Waals surface area contributed by atoms with Crippen molar-refractivity contribution in [1.29, 1.82) is 0 Å². The van der Waals surface area contributed by atoms with Gasteiger partial charge in [0.15, 0.2) is 0 Å².